The first-order chi connectivity index (χ1) is 30.5. The van der Waals surface area contributed by atoms with Crippen LogP contribution < -0.4 is 25.6 Å². The van der Waals surface area contributed by atoms with Crippen LogP contribution in [0.1, 0.15) is 45.1 Å². The molecule has 2 aliphatic rings. The number of hydrogen-bond donors (Lipinski definition) is 0. The third-order valence-electron chi connectivity index (χ3n) is 15.1. The molecule has 3 heterocycles. The van der Waals surface area contributed by atoms with Gasteiger partial charge in [0, 0.05) is 39.4 Å². The standard InChI is InChI=1S/C58H49N3Si/c1-57-38-16-17-39-58(57,2)61(53-28-15-13-26-50(53)57)44-33-36-52-49(41-44)56-54(59-40-37-42-19-12-14-27-51(42)59)29-18-30-55(56)60(52)43-31-34-48(35-32-43)62(45-20-6-3-7-21-45,46-22-8-4-9-23-46)47-24-10-5-11-25-47/h3-15,18-37,40-41H,16-17,38-39H2,1-2H3. The summed E-state index contributed by atoms with van der Waals surface area (Å²) in [5, 5.41) is 9.27. The van der Waals surface area contributed by atoms with Crippen molar-refractivity contribution < 1.29 is 0 Å². The molecule has 0 N–H and O–H groups in total. The van der Waals surface area contributed by atoms with Gasteiger partial charge in [0.25, 0.3) is 0 Å². The number of rotatable bonds is 7. The van der Waals surface area contributed by atoms with E-state index in [1.165, 1.54) is 102 Å². The zero-order valence-electron chi connectivity index (χ0n) is 35.4. The van der Waals surface area contributed by atoms with E-state index in [0.717, 1.165) is 5.69 Å². The molecule has 0 amide bonds. The van der Waals surface area contributed by atoms with Crippen LogP contribution in [0.15, 0.2) is 212 Å². The molecule has 1 saturated carbocycles. The highest BCUT2D eigenvalue weighted by molar-refractivity contribution is 7.19. The number of hydrogen-bond acceptors (Lipinski definition) is 1. The molecule has 1 fully saturated rings. The fraction of sp³-hybridized carbons (Fsp3) is 0.138. The molecule has 0 radical (unpaired) electrons. The second-order valence-electron chi connectivity index (χ2n) is 18.0. The van der Waals surface area contributed by atoms with Crippen LogP contribution in [0.2, 0.25) is 0 Å². The molecular formula is C58H49N3Si. The van der Waals surface area contributed by atoms with E-state index in [2.05, 4.69) is 240 Å². The Hall–Kier alpha value is -6.88. The van der Waals surface area contributed by atoms with Crippen molar-refractivity contribution in [1.29, 1.82) is 0 Å². The fourth-order valence-electron chi connectivity index (χ4n) is 12.0. The topological polar surface area (TPSA) is 13.1 Å². The van der Waals surface area contributed by atoms with Gasteiger partial charge in [0.15, 0.2) is 8.07 Å². The molecule has 2 unspecified atom stereocenters. The van der Waals surface area contributed by atoms with Crippen LogP contribution in [0.3, 0.4) is 0 Å². The first kappa shape index (κ1) is 36.9. The van der Waals surface area contributed by atoms with Crippen molar-refractivity contribution >= 4 is 72.9 Å². The van der Waals surface area contributed by atoms with E-state index in [-0.39, 0.29) is 11.0 Å². The maximum absolute atomic E-state index is 2.72. The lowest BCUT2D eigenvalue weighted by Gasteiger charge is -2.50. The summed E-state index contributed by atoms with van der Waals surface area (Å²) in [5.41, 5.74) is 10.2. The van der Waals surface area contributed by atoms with Crippen LogP contribution >= 0.6 is 0 Å². The zero-order chi connectivity index (χ0) is 41.5. The Labute approximate surface area is 365 Å². The largest absolute Gasteiger partial charge is 0.334 e. The Morgan fingerprint density at radius 1 is 0.452 bits per heavy atom. The van der Waals surface area contributed by atoms with E-state index in [1.54, 1.807) is 0 Å². The number of nitrogens with zero attached hydrogens (tertiary/aromatic N) is 3. The number of para-hydroxylation sites is 2. The van der Waals surface area contributed by atoms with Crippen molar-refractivity contribution in [3.63, 3.8) is 0 Å². The Kier molecular flexibility index (Phi) is 8.39. The normalized spacial score (nSPS) is 18.6. The third-order valence-corrected chi connectivity index (χ3v) is 19.9. The van der Waals surface area contributed by atoms with Crippen molar-refractivity contribution in [2.24, 2.45) is 0 Å². The minimum atomic E-state index is -2.68. The van der Waals surface area contributed by atoms with Crippen LogP contribution in [0, 0.1) is 0 Å². The van der Waals surface area contributed by atoms with Crippen molar-refractivity contribution in [2.75, 3.05) is 4.90 Å². The number of benzene rings is 8. The molecule has 0 bridgehead atoms. The highest BCUT2D eigenvalue weighted by Gasteiger charge is 2.57. The Morgan fingerprint density at radius 2 is 1.02 bits per heavy atom. The molecule has 1 aliphatic heterocycles. The number of anilines is 2. The van der Waals surface area contributed by atoms with Gasteiger partial charge in [-0.1, -0.05) is 165 Å². The quantitative estimate of drug-likeness (QED) is 0.115. The van der Waals surface area contributed by atoms with Crippen LogP contribution in [-0.4, -0.2) is 22.7 Å². The van der Waals surface area contributed by atoms with Crippen molar-refractivity contribution in [3.05, 3.63) is 218 Å². The smallest absolute Gasteiger partial charge is 0.179 e. The van der Waals surface area contributed by atoms with Gasteiger partial charge in [0.1, 0.15) is 0 Å². The summed E-state index contributed by atoms with van der Waals surface area (Å²) in [5.74, 6) is 0. The number of fused-ring (bicyclic) bond motifs is 7. The third kappa shape index (κ3) is 5.17. The second-order valence-corrected chi connectivity index (χ2v) is 21.8. The predicted octanol–water partition coefficient (Wildman–Crippen LogP) is 11.8. The SMILES string of the molecule is CC12CCCCC1(C)N(c1ccc3c(c1)c1c(-n4ccc5ccccc54)cccc1n3-c1ccc([Si](c3ccccc3)(c3ccccc3)c3ccccc3)cc1)c1ccccc12. The Balaban J connectivity index is 1.10. The molecule has 300 valence electrons. The van der Waals surface area contributed by atoms with Crippen LogP contribution in [-0.2, 0) is 5.41 Å². The van der Waals surface area contributed by atoms with E-state index in [1.807, 2.05) is 0 Å². The predicted molar refractivity (Wildman–Crippen MR) is 264 cm³/mol. The van der Waals surface area contributed by atoms with Gasteiger partial charge in [-0.3, -0.25) is 0 Å². The molecule has 3 nitrogen and oxygen atoms in total. The molecule has 62 heavy (non-hydrogen) atoms. The molecule has 4 heteroatoms. The maximum atomic E-state index is 2.72. The summed E-state index contributed by atoms with van der Waals surface area (Å²) < 4.78 is 4.90. The van der Waals surface area contributed by atoms with Gasteiger partial charge in [0.2, 0.25) is 0 Å². The minimum Gasteiger partial charge on any atom is -0.334 e. The van der Waals surface area contributed by atoms with Crippen LogP contribution in [0.5, 0.6) is 0 Å². The molecule has 2 atom stereocenters. The molecule has 0 saturated heterocycles. The highest BCUT2D eigenvalue weighted by Crippen LogP contribution is 2.61. The highest BCUT2D eigenvalue weighted by atomic mass is 28.3. The monoisotopic (exact) mass is 815 g/mol. The van der Waals surface area contributed by atoms with Crippen LogP contribution in [0.4, 0.5) is 11.4 Å². The first-order valence-corrected chi connectivity index (χ1v) is 24.3. The van der Waals surface area contributed by atoms with Gasteiger partial charge in [0.05, 0.1) is 27.8 Å². The second kappa shape index (κ2) is 14.1. The fourth-order valence-corrected chi connectivity index (χ4v) is 16.7. The molecule has 12 rings (SSSR count). The van der Waals surface area contributed by atoms with E-state index in [4.69, 9.17) is 0 Å². The van der Waals surface area contributed by atoms with Crippen LogP contribution in [0.25, 0.3) is 44.1 Å². The van der Waals surface area contributed by atoms with Gasteiger partial charge in [-0.2, -0.15) is 0 Å². The van der Waals surface area contributed by atoms with Crippen molar-refractivity contribution in [2.45, 2.75) is 50.5 Å². The zero-order valence-corrected chi connectivity index (χ0v) is 36.4. The van der Waals surface area contributed by atoms with E-state index in [0.29, 0.717) is 0 Å². The lowest BCUT2D eigenvalue weighted by molar-refractivity contribution is 0.195. The summed E-state index contributed by atoms with van der Waals surface area (Å²) in [6, 6.07) is 77.6. The van der Waals surface area contributed by atoms with Gasteiger partial charge in [-0.25, -0.2) is 0 Å². The summed E-state index contributed by atoms with van der Waals surface area (Å²) in [7, 11) is -2.68. The van der Waals surface area contributed by atoms with Crippen molar-refractivity contribution in [1.82, 2.24) is 9.13 Å². The molecular weight excluding hydrogens is 767 g/mol. The first-order valence-electron chi connectivity index (χ1n) is 22.3. The summed E-state index contributed by atoms with van der Waals surface area (Å²) in [6.07, 6.45) is 7.15. The van der Waals surface area contributed by atoms with Gasteiger partial charge in [-0.15, -0.1) is 0 Å². The molecule has 1 aliphatic carbocycles. The molecule has 10 aromatic rings. The van der Waals surface area contributed by atoms with Crippen molar-refractivity contribution in [3.8, 4) is 11.4 Å². The lowest BCUT2D eigenvalue weighted by Crippen LogP contribution is -2.74. The van der Waals surface area contributed by atoms with E-state index < -0.39 is 8.07 Å². The maximum Gasteiger partial charge on any atom is 0.179 e. The van der Waals surface area contributed by atoms with E-state index >= 15 is 0 Å². The van der Waals surface area contributed by atoms with Gasteiger partial charge >= 0.3 is 0 Å². The minimum absolute atomic E-state index is 0.0249. The van der Waals surface area contributed by atoms with E-state index in [9.17, 15) is 0 Å². The number of aromatic nitrogens is 2. The average molecular weight is 816 g/mol. The summed E-state index contributed by atoms with van der Waals surface area (Å²) in [6.45, 7) is 5.06. The average Bonchev–Trinajstić information content (AvgIpc) is 3.97. The lowest BCUT2D eigenvalue weighted by atomic mass is 9.61. The molecule has 0 spiro atoms. The Bertz CT molecular complexity index is 3180. The molecule has 8 aromatic carbocycles. The summed E-state index contributed by atoms with van der Waals surface area (Å²) in [4.78, 5) is 2.72. The van der Waals surface area contributed by atoms with Gasteiger partial charge < -0.3 is 14.0 Å². The van der Waals surface area contributed by atoms with Gasteiger partial charge in [-0.05, 0) is 112 Å². The molecule has 2 aromatic heterocycles. The summed E-state index contributed by atoms with van der Waals surface area (Å²) >= 11 is 0. The Morgan fingerprint density at radius 3 is 1.73 bits per heavy atom.